The molecule has 1 aliphatic heterocycles. The first-order valence-corrected chi connectivity index (χ1v) is 8.78. The Balaban J connectivity index is 1.39. The Labute approximate surface area is 142 Å². The van der Waals surface area contributed by atoms with Crippen molar-refractivity contribution in [3.05, 3.63) is 54.1 Å². The molecule has 1 saturated heterocycles. The number of phenolic OH excluding ortho intramolecular Hbond substituents is 1. The van der Waals surface area contributed by atoms with Gasteiger partial charge < -0.3 is 9.84 Å². The van der Waals surface area contributed by atoms with Crippen molar-refractivity contribution in [1.82, 2.24) is 0 Å². The lowest BCUT2D eigenvalue weighted by atomic mass is 9.75. The number of carbonyl (C=O) groups excluding carboxylic acids is 1. The second kappa shape index (κ2) is 6.31. The molecule has 1 N–H and O–H groups in total. The first-order valence-electron chi connectivity index (χ1n) is 8.78. The fourth-order valence-corrected chi connectivity index (χ4v) is 4.01. The Kier molecular flexibility index (Phi) is 4.01. The predicted octanol–water partition coefficient (Wildman–Crippen LogP) is 4.65. The first kappa shape index (κ1) is 15.3. The van der Waals surface area contributed by atoms with E-state index in [9.17, 15) is 9.90 Å². The van der Waals surface area contributed by atoms with Gasteiger partial charge in [0, 0.05) is 0 Å². The minimum Gasteiger partial charge on any atom is -0.508 e. The number of rotatable bonds is 3. The molecule has 2 fully saturated rings. The van der Waals surface area contributed by atoms with Gasteiger partial charge in [0.05, 0.1) is 6.42 Å². The highest BCUT2D eigenvalue weighted by atomic mass is 16.6. The van der Waals surface area contributed by atoms with Crippen LogP contribution in [0, 0.1) is 5.92 Å². The smallest absolute Gasteiger partial charge is 0.309 e. The lowest BCUT2D eigenvalue weighted by Gasteiger charge is -2.37. The minimum atomic E-state index is -0.0352. The first-order chi connectivity index (χ1) is 11.7. The molecule has 2 aromatic rings. The van der Waals surface area contributed by atoms with E-state index in [0.29, 0.717) is 24.0 Å². The molecule has 24 heavy (non-hydrogen) atoms. The molecular formula is C21H22O3. The quantitative estimate of drug-likeness (QED) is 0.837. The maximum Gasteiger partial charge on any atom is 0.309 e. The van der Waals surface area contributed by atoms with E-state index in [1.54, 1.807) is 12.1 Å². The van der Waals surface area contributed by atoms with Crippen LogP contribution in [0.25, 0.3) is 11.1 Å². The summed E-state index contributed by atoms with van der Waals surface area (Å²) in [5, 5.41) is 9.39. The van der Waals surface area contributed by atoms with Crippen molar-refractivity contribution in [3.8, 4) is 16.9 Å². The van der Waals surface area contributed by atoms with Gasteiger partial charge in [0.25, 0.3) is 0 Å². The number of aromatic hydroxyl groups is 1. The van der Waals surface area contributed by atoms with Crippen LogP contribution >= 0.6 is 0 Å². The molecule has 1 unspecified atom stereocenters. The molecule has 0 amide bonds. The fraction of sp³-hybridized carbons (Fsp3) is 0.381. The lowest BCUT2D eigenvalue weighted by molar-refractivity contribution is -0.176. The predicted molar refractivity (Wildman–Crippen MR) is 92.7 cm³/mol. The minimum absolute atomic E-state index is 0.0352. The van der Waals surface area contributed by atoms with E-state index in [2.05, 4.69) is 24.3 Å². The maximum absolute atomic E-state index is 11.0. The third kappa shape index (κ3) is 3.03. The van der Waals surface area contributed by atoms with Crippen LogP contribution in [-0.4, -0.2) is 17.2 Å². The Morgan fingerprint density at radius 1 is 0.833 bits per heavy atom. The Morgan fingerprint density at radius 2 is 1.38 bits per heavy atom. The Bertz CT molecular complexity index is 702. The van der Waals surface area contributed by atoms with Crippen LogP contribution in [0.2, 0.25) is 0 Å². The number of cyclic esters (lactones) is 1. The Morgan fingerprint density at radius 3 is 1.92 bits per heavy atom. The van der Waals surface area contributed by atoms with Gasteiger partial charge in [-0.25, -0.2) is 0 Å². The van der Waals surface area contributed by atoms with E-state index in [4.69, 9.17) is 4.74 Å². The van der Waals surface area contributed by atoms with Gasteiger partial charge in [0.1, 0.15) is 11.9 Å². The molecule has 2 aromatic carbocycles. The molecule has 0 aromatic heterocycles. The maximum atomic E-state index is 11.0. The highest BCUT2D eigenvalue weighted by Gasteiger charge is 2.37. The van der Waals surface area contributed by atoms with Crippen molar-refractivity contribution < 1.29 is 14.6 Å². The third-order valence-electron chi connectivity index (χ3n) is 5.53. The fourth-order valence-electron chi connectivity index (χ4n) is 4.01. The van der Waals surface area contributed by atoms with Gasteiger partial charge in [-0.2, -0.15) is 0 Å². The number of phenols is 1. The molecule has 2 aliphatic rings. The lowest BCUT2D eigenvalue weighted by Crippen LogP contribution is -2.40. The van der Waals surface area contributed by atoms with Crippen molar-refractivity contribution in [2.45, 2.75) is 44.1 Å². The van der Waals surface area contributed by atoms with Gasteiger partial charge >= 0.3 is 5.97 Å². The highest BCUT2D eigenvalue weighted by Crippen LogP contribution is 2.40. The Hall–Kier alpha value is -2.29. The van der Waals surface area contributed by atoms with E-state index in [-0.39, 0.29) is 12.1 Å². The average molecular weight is 322 g/mol. The summed E-state index contributed by atoms with van der Waals surface area (Å²) in [5.41, 5.74) is 3.70. The number of carbonyl (C=O) groups is 1. The molecular weight excluding hydrogens is 300 g/mol. The highest BCUT2D eigenvalue weighted by molar-refractivity contribution is 5.75. The average Bonchev–Trinajstić information content (AvgIpc) is 2.60. The van der Waals surface area contributed by atoms with Gasteiger partial charge in [-0.05, 0) is 66.3 Å². The molecule has 3 nitrogen and oxygen atoms in total. The summed E-state index contributed by atoms with van der Waals surface area (Å²) in [7, 11) is 0. The zero-order chi connectivity index (χ0) is 16.5. The van der Waals surface area contributed by atoms with Gasteiger partial charge in [-0.1, -0.05) is 36.4 Å². The van der Waals surface area contributed by atoms with Crippen LogP contribution in [-0.2, 0) is 9.53 Å². The monoisotopic (exact) mass is 322 g/mol. The second-order valence-corrected chi connectivity index (χ2v) is 7.01. The number of ether oxygens (including phenoxy) is 1. The molecule has 0 spiro atoms. The van der Waals surface area contributed by atoms with E-state index < -0.39 is 0 Å². The van der Waals surface area contributed by atoms with Crippen molar-refractivity contribution in [2.75, 3.05) is 0 Å². The van der Waals surface area contributed by atoms with Gasteiger partial charge in [-0.15, -0.1) is 0 Å². The zero-order valence-electron chi connectivity index (χ0n) is 13.7. The molecule has 0 bridgehead atoms. The molecule has 3 heteroatoms. The number of esters is 1. The molecule has 124 valence electrons. The van der Waals surface area contributed by atoms with Crippen LogP contribution in [0.3, 0.4) is 0 Å². The molecule has 1 saturated carbocycles. The van der Waals surface area contributed by atoms with E-state index in [1.807, 2.05) is 12.1 Å². The summed E-state index contributed by atoms with van der Waals surface area (Å²) >= 11 is 0. The summed E-state index contributed by atoms with van der Waals surface area (Å²) in [6.45, 7) is 0. The SMILES string of the molecule is O=C1CC(C2CCC(c3ccc(-c4ccc(O)cc4)cc3)CC2)O1. The van der Waals surface area contributed by atoms with Crippen LogP contribution in [0.15, 0.2) is 48.5 Å². The van der Waals surface area contributed by atoms with Crippen LogP contribution in [0.4, 0.5) is 0 Å². The standard InChI is InChI=1S/C21H22O3/c22-19-11-9-17(10-12-19)15-3-1-14(2-4-15)16-5-7-18(8-6-16)20-13-21(23)24-20/h1-4,9-12,16,18,20,22H,5-8,13H2. The summed E-state index contributed by atoms with van der Waals surface area (Å²) < 4.78 is 5.24. The van der Waals surface area contributed by atoms with Crippen molar-refractivity contribution >= 4 is 5.97 Å². The number of hydrogen-bond donors (Lipinski definition) is 1. The summed E-state index contributed by atoms with van der Waals surface area (Å²) in [6.07, 6.45) is 5.48. The third-order valence-corrected chi connectivity index (χ3v) is 5.53. The summed E-state index contributed by atoms with van der Waals surface area (Å²) in [6, 6.07) is 16.1. The normalized spacial score (nSPS) is 26.5. The van der Waals surface area contributed by atoms with Crippen LogP contribution in [0.1, 0.15) is 43.6 Å². The molecule has 1 heterocycles. The zero-order valence-corrected chi connectivity index (χ0v) is 13.7. The molecule has 1 atom stereocenters. The van der Waals surface area contributed by atoms with Gasteiger partial charge in [0.2, 0.25) is 0 Å². The van der Waals surface area contributed by atoms with Crippen molar-refractivity contribution in [1.29, 1.82) is 0 Å². The number of hydrogen-bond acceptors (Lipinski definition) is 3. The number of benzene rings is 2. The second-order valence-electron chi connectivity index (χ2n) is 7.01. The van der Waals surface area contributed by atoms with Crippen molar-refractivity contribution in [2.24, 2.45) is 5.92 Å². The molecule has 4 rings (SSSR count). The molecule has 1 aliphatic carbocycles. The molecule has 0 radical (unpaired) electrons. The largest absolute Gasteiger partial charge is 0.508 e. The summed E-state index contributed by atoms with van der Waals surface area (Å²) in [5.74, 6) is 1.44. The van der Waals surface area contributed by atoms with Gasteiger partial charge in [-0.3, -0.25) is 4.79 Å². The van der Waals surface area contributed by atoms with E-state index in [0.717, 1.165) is 18.4 Å². The topological polar surface area (TPSA) is 46.5 Å². The van der Waals surface area contributed by atoms with Crippen LogP contribution < -0.4 is 0 Å². The van der Waals surface area contributed by atoms with E-state index >= 15 is 0 Å². The summed E-state index contributed by atoms with van der Waals surface area (Å²) in [4.78, 5) is 11.0. The van der Waals surface area contributed by atoms with Crippen molar-refractivity contribution in [3.63, 3.8) is 0 Å². The van der Waals surface area contributed by atoms with Crippen LogP contribution in [0.5, 0.6) is 5.75 Å². The van der Waals surface area contributed by atoms with Gasteiger partial charge in [0.15, 0.2) is 0 Å². The van der Waals surface area contributed by atoms with E-state index in [1.165, 1.54) is 24.0 Å².